The summed E-state index contributed by atoms with van der Waals surface area (Å²) in [7, 11) is 0. The van der Waals surface area contributed by atoms with Gasteiger partial charge in [-0.3, -0.25) is 0 Å². The van der Waals surface area contributed by atoms with Gasteiger partial charge in [-0.05, 0) is 12.1 Å². The fourth-order valence-corrected chi connectivity index (χ4v) is 1.36. The van der Waals surface area contributed by atoms with Crippen LogP contribution in [0.15, 0.2) is 18.2 Å². The Hall–Kier alpha value is -0.840. The predicted octanol–water partition coefficient (Wildman–Crippen LogP) is 2.22. The summed E-state index contributed by atoms with van der Waals surface area (Å²) in [5.74, 6) is -0.0407. The van der Waals surface area contributed by atoms with Crippen LogP contribution in [0.3, 0.4) is 0 Å². The van der Waals surface area contributed by atoms with Crippen LogP contribution in [0, 0.1) is 5.82 Å². The Morgan fingerprint density at radius 1 is 1.47 bits per heavy atom. The van der Waals surface area contributed by atoms with Crippen molar-refractivity contribution in [3.8, 4) is 5.75 Å². The first-order valence-corrected chi connectivity index (χ1v) is 5.86. The van der Waals surface area contributed by atoms with Gasteiger partial charge in [0.2, 0.25) is 0 Å². The normalized spacial score (nSPS) is 12.8. The summed E-state index contributed by atoms with van der Waals surface area (Å²) >= 11 is 5.60. The van der Waals surface area contributed by atoms with Crippen molar-refractivity contribution in [1.29, 1.82) is 0 Å². The molecule has 1 aromatic rings. The maximum atomic E-state index is 12.9. The highest BCUT2D eigenvalue weighted by Crippen LogP contribution is 2.21. The second-order valence-electron chi connectivity index (χ2n) is 4.10. The Bertz CT molecular complexity index is 360. The van der Waals surface area contributed by atoms with Gasteiger partial charge in [0.25, 0.3) is 0 Å². The van der Waals surface area contributed by atoms with Crippen molar-refractivity contribution in [3.05, 3.63) is 29.0 Å². The minimum Gasteiger partial charge on any atom is -0.491 e. The SMILES string of the molecule is CC(C)NCC(O)COc1ccc(F)c(Cl)c1. The third-order valence-electron chi connectivity index (χ3n) is 2.10. The summed E-state index contributed by atoms with van der Waals surface area (Å²) in [5.41, 5.74) is 0. The summed E-state index contributed by atoms with van der Waals surface area (Å²) in [5, 5.41) is 12.7. The molecule has 1 rings (SSSR count). The zero-order valence-electron chi connectivity index (χ0n) is 9.91. The van der Waals surface area contributed by atoms with Crippen molar-refractivity contribution < 1.29 is 14.2 Å². The molecular formula is C12H17ClFNO2. The number of ether oxygens (including phenoxy) is 1. The van der Waals surface area contributed by atoms with Gasteiger partial charge >= 0.3 is 0 Å². The van der Waals surface area contributed by atoms with Crippen LogP contribution in [0.1, 0.15) is 13.8 Å². The topological polar surface area (TPSA) is 41.5 Å². The lowest BCUT2D eigenvalue weighted by atomic mass is 10.3. The molecule has 96 valence electrons. The lowest BCUT2D eigenvalue weighted by Crippen LogP contribution is -2.35. The first-order chi connectivity index (χ1) is 7.99. The molecule has 0 aromatic heterocycles. The number of hydrogen-bond acceptors (Lipinski definition) is 3. The average Bonchev–Trinajstić information content (AvgIpc) is 2.28. The van der Waals surface area contributed by atoms with Gasteiger partial charge in [-0.2, -0.15) is 0 Å². The second-order valence-corrected chi connectivity index (χ2v) is 4.51. The van der Waals surface area contributed by atoms with E-state index in [-0.39, 0.29) is 11.6 Å². The van der Waals surface area contributed by atoms with Gasteiger partial charge < -0.3 is 15.2 Å². The Morgan fingerprint density at radius 3 is 2.76 bits per heavy atom. The third kappa shape index (κ3) is 5.35. The van der Waals surface area contributed by atoms with Gasteiger partial charge in [-0.25, -0.2) is 4.39 Å². The molecule has 0 aliphatic carbocycles. The molecular weight excluding hydrogens is 245 g/mol. The van der Waals surface area contributed by atoms with Crippen molar-refractivity contribution in [1.82, 2.24) is 5.32 Å². The molecule has 0 amide bonds. The molecule has 1 unspecified atom stereocenters. The van der Waals surface area contributed by atoms with Gasteiger partial charge in [0, 0.05) is 18.7 Å². The molecule has 5 heteroatoms. The lowest BCUT2D eigenvalue weighted by molar-refractivity contribution is 0.104. The fourth-order valence-electron chi connectivity index (χ4n) is 1.19. The first kappa shape index (κ1) is 14.2. The van der Waals surface area contributed by atoms with Crippen LogP contribution in [0.25, 0.3) is 0 Å². The number of aliphatic hydroxyl groups excluding tert-OH is 1. The van der Waals surface area contributed by atoms with E-state index in [1.807, 2.05) is 13.8 Å². The van der Waals surface area contributed by atoms with E-state index in [0.717, 1.165) is 0 Å². The molecule has 17 heavy (non-hydrogen) atoms. The minimum atomic E-state index is -0.610. The van der Waals surface area contributed by atoms with Gasteiger partial charge in [-0.15, -0.1) is 0 Å². The van der Waals surface area contributed by atoms with Crippen LogP contribution in [0.4, 0.5) is 4.39 Å². The fraction of sp³-hybridized carbons (Fsp3) is 0.500. The maximum absolute atomic E-state index is 12.9. The zero-order chi connectivity index (χ0) is 12.8. The summed E-state index contributed by atoms with van der Waals surface area (Å²) < 4.78 is 18.2. The number of halogens is 2. The molecule has 0 aliphatic heterocycles. The van der Waals surface area contributed by atoms with Crippen LogP contribution in [-0.4, -0.2) is 30.4 Å². The Labute approximate surface area is 106 Å². The first-order valence-electron chi connectivity index (χ1n) is 5.48. The molecule has 0 radical (unpaired) electrons. The number of rotatable bonds is 6. The van der Waals surface area contributed by atoms with Gasteiger partial charge in [-0.1, -0.05) is 25.4 Å². The Balaban J connectivity index is 2.36. The largest absolute Gasteiger partial charge is 0.491 e. The molecule has 0 saturated heterocycles. The molecule has 0 heterocycles. The van der Waals surface area contributed by atoms with Crippen LogP contribution < -0.4 is 10.1 Å². The molecule has 0 bridgehead atoms. The standard InChI is InChI=1S/C12H17ClFNO2/c1-8(2)15-6-9(16)7-17-10-3-4-12(14)11(13)5-10/h3-5,8-9,15-16H,6-7H2,1-2H3. The molecule has 1 aromatic carbocycles. The molecule has 2 N–H and O–H groups in total. The van der Waals surface area contributed by atoms with Crippen LogP contribution in [-0.2, 0) is 0 Å². The van der Waals surface area contributed by atoms with Crippen molar-refractivity contribution in [2.24, 2.45) is 0 Å². The molecule has 0 spiro atoms. The number of nitrogens with one attached hydrogen (secondary N) is 1. The van der Waals surface area contributed by atoms with Crippen LogP contribution in [0.5, 0.6) is 5.75 Å². The number of hydrogen-bond donors (Lipinski definition) is 2. The van der Waals surface area contributed by atoms with E-state index in [2.05, 4.69) is 5.32 Å². The van der Waals surface area contributed by atoms with E-state index >= 15 is 0 Å². The van der Waals surface area contributed by atoms with Gasteiger partial charge in [0.15, 0.2) is 0 Å². The number of benzene rings is 1. The van der Waals surface area contributed by atoms with E-state index in [1.54, 1.807) is 0 Å². The van der Waals surface area contributed by atoms with E-state index < -0.39 is 11.9 Å². The molecule has 3 nitrogen and oxygen atoms in total. The van der Waals surface area contributed by atoms with Gasteiger partial charge in [0.05, 0.1) is 5.02 Å². The summed E-state index contributed by atoms with van der Waals surface area (Å²) in [6, 6.07) is 4.41. The molecule has 0 saturated carbocycles. The average molecular weight is 262 g/mol. The second kappa shape index (κ2) is 6.79. The highest BCUT2D eigenvalue weighted by molar-refractivity contribution is 6.30. The van der Waals surface area contributed by atoms with E-state index in [1.165, 1.54) is 18.2 Å². The van der Waals surface area contributed by atoms with Crippen LogP contribution >= 0.6 is 11.6 Å². The molecule has 0 aliphatic rings. The van der Waals surface area contributed by atoms with Crippen molar-refractivity contribution >= 4 is 11.6 Å². The monoisotopic (exact) mass is 261 g/mol. The Morgan fingerprint density at radius 2 is 2.18 bits per heavy atom. The highest BCUT2D eigenvalue weighted by atomic mass is 35.5. The highest BCUT2D eigenvalue weighted by Gasteiger charge is 2.07. The van der Waals surface area contributed by atoms with Crippen LogP contribution in [0.2, 0.25) is 5.02 Å². The van der Waals surface area contributed by atoms with E-state index in [4.69, 9.17) is 16.3 Å². The molecule has 1 atom stereocenters. The van der Waals surface area contributed by atoms with Crippen molar-refractivity contribution in [3.63, 3.8) is 0 Å². The smallest absolute Gasteiger partial charge is 0.142 e. The van der Waals surface area contributed by atoms with E-state index in [0.29, 0.717) is 18.3 Å². The van der Waals surface area contributed by atoms with Crippen molar-refractivity contribution in [2.45, 2.75) is 26.0 Å². The maximum Gasteiger partial charge on any atom is 0.142 e. The summed E-state index contributed by atoms with van der Waals surface area (Å²) in [4.78, 5) is 0. The third-order valence-corrected chi connectivity index (χ3v) is 2.38. The van der Waals surface area contributed by atoms with Gasteiger partial charge in [0.1, 0.15) is 24.3 Å². The predicted molar refractivity (Wildman–Crippen MR) is 66.1 cm³/mol. The molecule has 0 fully saturated rings. The van der Waals surface area contributed by atoms with Crippen molar-refractivity contribution in [2.75, 3.05) is 13.2 Å². The number of aliphatic hydroxyl groups is 1. The Kier molecular flexibility index (Phi) is 5.68. The zero-order valence-corrected chi connectivity index (χ0v) is 10.7. The quantitative estimate of drug-likeness (QED) is 0.825. The summed E-state index contributed by atoms with van der Waals surface area (Å²) in [6.45, 7) is 4.58. The minimum absolute atomic E-state index is 0.0114. The lowest BCUT2D eigenvalue weighted by Gasteiger charge is -2.15. The summed E-state index contributed by atoms with van der Waals surface area (Å²) in [6.07, 6.45) is -0.610. The van der Waals surface area contributed by atoms with E-state index in [9.17, 15) is 9.50 Å².